The zero-order chi connectivity index (χ0) is 16.8. The molecule has 1 aliphatic rings. The molecule has 1 aliphatic carbocycles. The van der Waals surface area contributed by atoms with Crippen LogP contribution < -0.4 is 10.6 Å². The largest absolute Gasteiger partial charge is 0.421 e. The Morgan fingerprint density at radius 2 is 2.00 bits per heavy atom. The number of aliphatic hydroxyl groups is 1. The highest BCUT2D eigenvalue weighted by molar-refractivity contribution is 5.74. The molecule has 2 amide bonds. The Labute approximate surface area is 140 Å². The van der Waals surface area contributed by atoms with Gasteiger partial charge in [0.05, 0.1) is 12.1 Å². The van der Waals surface area contributed by atoms with E-state index in [0.29, 0.717) is 24.7 Å². The van der Waals surface area contributed by atoms with E-state index in [0.717, 1.165) is 31.2 Å². The van der Waals surface area contributed by atoms with Crippen LogP contribution in [0, 0.1) is 0 Å². The Kier molecular flexibility index (Phi) is 5.43. The zero-order valence-corrected chi connectivity index (χ0v) is 13.4. The zero-order valence-electron chi connectivity index (χ0n) is 13.4. The second-order valence-electron chi connectivity index (χ2n) is 5.98. The number of nitrogens with zero attached hydrogens (tertiary/aromatic N) is 2. The van der Waals surface area contributed by atoms with Crippen molar-refractivity contribution in [3.63, 3.8) is 0 Å². The fourth-order valence-corrected chi connectivity index (χ4v) is 2.83. The summed E-state index contributed by atoms with van der Waals surface area (Å²) in [4.78, 5) is 11.9. The van der Waals surface area contributed by atoms with Gasteiger partial charge in [0.2, 0.25) is 11.8 Å². The van der Waals surface area contributed by atoms with Crippen LogP contribution in [0.25, 0.3) is 11.5 Å². The summed E-state index contributed by atoms with van der Waals surface area (Å²) in [5, 5.41) is 23.4. The van der Waals surface area contributed by atoms with Gasteiger partial charge in [0, 0.05) is 18.5 Å². The van der Waals surface area contributed by atoms with Gasteiger partial charge in [-0.05, 0) is 25.0 Å². The predicted octanol–water partition coefficient (Wildman–Crippen LogP) is 1.88. The molecule has 24 heavy (non-hydrogen) atoms. The summed E-state index contributed by atoms with van der Waals surface area (Å²) < 4.78 is 5.58. The third kappa shape index (κ3) is 4.32. The molecule has 2 aromatic rings. The Bertz CT molecular complexity index is 659. The molecule has 2 atom stereocenters. The van der Waals surface area contributed by atoms with Gasteiger partial charge in [0.15, 0.2) is 0 Å². The third-order valence-electron chi connectivity index (χ3n) is 4.16. The molecule has 1 aromatic carbocycles. The maximum absolute atomic E-state index is 11.9. The highest BCUT2D eigenvalue weighted by Gasteiger charge is 2.24. The molecule has 3 rings (SSSR count). The lowest BCUT2D eigenvalue weighted by Gasteiger charge is -2.28. The number of amides is 2. The fourth-order valence-electron chi connectivity index (χ4n) is 2.83. The van der Waals surface area contributed by atoms with E-state index in [1.807, 2.05) is 30.3 Å². The molecule has 0 radical (unpaired) electrons. The lowest BCUT2D eigenvalue weighted by Crippen LogP contribution is -2.49. The molecule has 0 bridgehead atoms. The minimum absolute atomic E-state index is 0.160. The molecule has 1 saturated carbocycles. The van der Waals surface area contributed by atoms with Crippen LogP contribution in [0.1, 0.15) is 31.6 Å². The molecule has 7 heteroatoms. The minimum atomic E-state index is -0.450. The lowest BCUT2D eigenvalue weighted by molar-refractivity contribution is 0.0943. The van der Waals surface area contributed by atoms with Crippen LogP contribution in [-0.2, 0) is 6.42 Å². The summed E-state index contributed by atoms with van der Waals surface area (Å²) in [5.74, 6) is 0.951. The van der Waals surface area contributed by atoms with Crippen LogP contribution in [0.15, 0.2) is 34.7 Å². The first-order valence-electron chi connectivity index (χ1n) is 8.32. The summed E-state index contributed by atoms with van der Waals surface area (Å²) in [5.41, 5.74) is 0.869. The summed E-state index contributed by atoms with van der Waals surface area (Å²) in [6.07, 6.45) is 3.62. The number of rotatable bonds is 5. The van der Waals surface area contributed by atoms with Gasteiger partial charge in [-0.25, -0.2) is 4.79 Å². The van der Waals surface area contributed by atoms with Gasteiger partial charge in [-0.15, -0.1) is 10.2 Å². The highest BCUT2D eigenvalue weighted by Crippen LogP contribution is 2.18. The Morgan fingerprint density at radius 1 is 1.21 bits per heavy atom. The number of aromatic nitrogens is 2. The van der Waals surface area contributed by atoms with Crippen LogP contribution in [0.5, 0.6) is 0 Å². The number of benzene rings is 1. The van der Waals surface area contributed by atoms with Gasteiger partial charge in [0.1, 0.15) is 0 Å². The molecule has 1 fully saturated rings. The summed E-state index contributed by atoms with van der Waals surface area (Å²) >= 11 is 0. The third-order valence-corrected chi connectivity index (χ3v) is 4.16. The van der Waals surface area contributed by atoms with Crippen molar-refractivity contribution < 1.29 is 14.3 Å². The maximum atomic E-state index is 11.9. The number of nitrogens with one attached hydrogen (secondary N) is 2. The Balaban J connectivity index is 1.43. The SMILES string of the molecule is O=C(NCCc1nnc(-c2ccccc2)o1)N[C@@H]1CCCC[C@H]1O. The molecular weight excluding hydrogens is 308 g/mol. The predicted molar refractivity (Wildman–Crippen MR) is 88.2 cm³/mol. The van der Waals surface area contributed by atoms with E-state index in [2.05, 4.69) is 20.8 Å². The van der Waals surface area contributed by atoms with Gasteiger partial charge in [-0.3, -0.25) is 0 Å². The molecular formula is C17H22N4O3. The van der Waals surface area contributed by atoms with E-state index in [-0.39, 0.29) is 12.1 Å². The monoisotopic (exact) mass is 330 g/mol. The van der Waals surface area contributed by atoms with E-state index in [9.17, 15) is 9.90 Å². The van der Waals surface area contributed by atoms with Crippen molar-refractivity contribution in [2.24, 2.45) is 0 Å². The van der Waals surface area contributed by atoms with Gasteiger partial charge in [0.25, 0.3) is 0 Å². The van der Waals surface area contributed by atoms with Crippen LogP contribution in [0.4, 0.5) is 4.79 Å². The van der Waals surface area contributed by atoms with Crippen LogP contribution in [-0.4, -0.2) is 40.0 Å². The number of urea groups is 1. The number of hydrogen-bond donors (Lipinski definition) is 3. The molecule has 0 saturated heterocycles. The second kappa shape index (κ2) is 7.92. The molecule has 7 nitrogen and oxygen atoms in total. The van der Waals surface area contributed by atoms with Crippen molar-refractivity contribution in [2.45, 2.75) is 44.2 Å². The molecule has 0 spiro atoms. The number of aliphatic hydroxyl groups excluding tert-OH is 1. The van der Waals surface area contributed by atoms with E-state index in [1.54, 1.807) is 0 Å². The summed E-state index contributed by atoms with van der Waals surface area (Å²) in [6, 6.07) is 9.11. The molecule has 1 aromatic heterocycles. The van der Waals surface area contributed by atoms with Crippen molar-refractivity contribution in [1.29, 1.82) is 0 Å². The topological polar surface area (TPSA) is 100 Å². The van der Waals surface area contributed by atoms with Crippen LogP contribution >= 0.6 is 0 Å². The molecule has 0 unspecified atom stereocenters. The van der Waals surface area contributed by atoms with E-state index in [1.165, 1.54) is 0 Å². The lowest BCUT2D eigenvalue weighted by atomic mass is 9.93. The minimum Gasteiger partial charge on any atom is -0.421 e. The standard InChI is InChI=1S/C17H22N4O3/c22-14-9-5-4-8-13(14)19-17(23)18-11-10-15-20-21-16(24-15)12-6-2-1-3-7-12/h1-3,6-7,13-14,22H,4-5,8-11H2,(H2,18,19,23)/t13-,14-/m1/s1. The second-order valence-corrected chi connectivity index (χ2v) is 5.98. The maximum Gasteiger partial charge on any atom is 0.315 e. The molecule has 128 valence electrons. The average molecular weight is 330 g/mol. The average Bonchev–Trinajstić information content (AvgIpc) is 3.07. The first-order valence-corrected chi connectivity index (χ1v) is 8.32. The van der Waals surface area contributed by atoms with Crippen molar-refractivity contribution in [3.8, 4) is 11.5 Å². The van der Waals surface area contributed by atoms with E-state index in [4.69, 9.17) is 4.42 Å². The number of hydrogen-bond acceptors (Lipinski definition) is 5. The first kappa shape index (κ1) is 16.4. The van der Waals surface area contributed by atoms with Crippen molar-refractivity contribution in [1.82, 2.24) is 20.8 Å². The summed E-state index contributed by atoms with van der Waals surface area (Å²) in [7, 11) is 0. The Hall–Kier alpha value is -2.41. The summed E-state index contributed by atoms with van der Waals surface area (Å²) in [6.45, 7) is 0.394. The molecule has 3 N–H and O–H groups in total. The highest BCUT2D eigenvalue weighted by atomic mass is 16.4. The number of carbonyl (C=O) groups is 1. The van der Waals surface area contributed by atoms with Gasteiger partial charge in [-0.1, -0.05) is 31.0 Å². The van der Waals surface area contributed by atoms with E-state index < -0.39 is 6.10 Å². The van der Waals surface area contributed by atoms with Crippen molar-refractivity contribution >= 4 is 6.03 Å². The van der Waals surface area contributed by atoms with Gasteiger partial charge >= 0.3 is 6.03 Å². The van der Waals surface area contributed by atoms with Crippen LogP contribution in [0.2, 0.25) is 0 Å². The molecule has 0 aliphatic heterocycles. The molecule has 1 heterocycles. The van der Waals surface area contributed by atoms with Crippen LogP contribution in [0.3, 0.4) is 0 Å². The Morgan fingerprint density at radius 3 is 2.79 bits per heavy atom. The first-order chi connectivity index (χ1) is 11.7. The number of carbonyl (C=O) groups excluding carboxylic acids is 1. The van der Waals surface area contributed by atoms with Crippen molar-refractivity contribution in [3.05, 3.63) is 36.2 Å². The van der Waals surface area contributed by atoms with E-state index >= 15 is 0 Å². The fraction of sp³-hybridized carbons (Fsp3) is 0.471. The normalized spacial score (nSPS) is 20.5. The van der Waals surface area contributed by atoms with Gasteiger partial charge in [-0.2, -0.15) is 0 Å². The van der Waals surface area contributed by atoms with Crippen molar-refractivity contribution in [2.75, 3.05) is 6.54 Å². The smallest absolute Gasteiger partial charge is 0.315 e. The quantitative estimate of drug-likeness (QED) is 0.777. The van der Waals surface area contributed by atoms with Gasteiger partial charge < -0.3 is 20.2 Å².